The molecular weight excluding hydrogens is 334 g/mol. The maximum Gasteiger partial charge on any atom is 0.258 e. The van der Waals surface area contributed by atoms with Crippen LogP contribution in [-0.2, 0) is 9.53 Å². The molecule has 2 aromatic carbocycles. The van der Waals surface area contributed by atoms with Crippen LogP contribution in [0.4, 0.5) is 0 Å². The number of amides is 1. The van der Waals surface area contributed by atoms with Crippen molar-refractivity contribution >= 4 is 5.91 Å². The van der Waals surface area contributed by atoms with Crippen molar-refractivity contribution in [3.63, 3.8) is 0 Å². The standard InChI is InChI=1S/C20H25NO5/c1-15-6-8-16(9-7-15)19(25-11-10-22)13-21-20(23)14-26-18-5-3-4-17(12-18)24-2/h3-9,12,19,22H,10-11,13-14H2,1-2H3,(H,21,23). The van der Waals surface area contributed by atoms with Crippen molar-refractivity contribution in [1.29, 1.82) is 0 Å². The second kappa shape index (κ2) is 10.4. The first-order chi connectivity index (χ1) is 12.6. The molecule has 0 saturated heterocycles. The minimum atomic E-state index is -0.330. The number of carbonyl (C=O) groups is 1. The number of aliphatic hydroxyl groups is 1. The van der Waals surface area contributed by atoms with Gasteiger partial charge in [-0.05, 0) is 24.6 Å². The molecule has 0 fully saturated rings. The summed E-state index contributed by atoms with van der Waals surface area (Å²) in [7, 11) is 1.57. The molecule has 0 bridgehead atoms. The van der Waals surface area contributed by atoms with E-state index in [0.717, 1.165) is 11.1 Å². The van der Waals surface area contributed by atoms with Crippen LogP contribution in [0.5, 0.6) is 11.5 Å². The minimum absolute atomic E-state index is 0.0741. The van der Waals surface area contributed by atoms with E-state index in [1.54, 1.807) is 31.4 Å². The van der Waals surface area contributed by atoms with Gasteiger partial charge < -0.3 is 24.6 Å². The number of ether oxygens (including phenoxy) is 3. The number of nitrogens with one attached hydrogen (secondary N) is 1. The average Bonchev–Trinajstić information content (AvgIpc) is 2.67. The normalized spacial score (nSPS) is 11.7. The summed E-state index contributed by atoms with van der Waals surface area (Å²) in [5, 5.41) is 11.8. The van der Waals surface area contributed by atoms with Crippen molar-refractivity contribution in [1.82, 2.24) is 5.32 Å². The molecule has 2 N–H and O–H groups in total. The largest absolute Gasteiger partial charge is 0.497 e. The fourth-order valence-corrected chi connectivity index (χ4v) is 2.35. The molecule has 1 unspecified atom stereocenters. The van der Waals surface area contributed by atoms with Gasteiger partial charge in [0.1, 0.15) is 11.5 Å². The molecule has 26 heavy (non-hydrogen) atoms. The van der Waals surface area contributed by atoms with Gasteiger partial charge in [0, 0.05) is 12.6 Å². The number of carbonyl (C=O) groups excluding carboxylic acids is 1. The Morgan fingerprint density at radius 2 is 1.88 bits per heavy atom. The van der Waals surface area contributed by atoms with Crippen LogP contribution < -0.4 is 14.8 Å². The van der Waals surface area contributed by atoms with Crippen molar-refractivity contribution in [2.45, 2.75) is 13.0 Å². The second-order valence-electron chi connectivity index (χ2n) is 5.77. The van der Waals surface area contributed by atoms with Gasteiger partial charge in [0.05, 0.1) is 26.4 Å². The Kier molecular flexibility index (Phi) is 7.92. The van der Waals surface area contributed by atoms with Gasteiger partial charge in [-0.15, -0.1) is 0 Å². The fourth-order valence-electron chi connectivity index (χ4n) is 2.35. The van der Waals surface area contributed by atoms with Crippen LogP contribution in [-0.4, -0.2) is 44.5 Å². The van der Waals surface area contributed by atoms with Crippen LogP contribution >= 0.6 is 0 Å². The first kappa shape index (κ1) is 19.8. The van der Waals surface area contributed by atoms with Crippen LogP contribution in [0.15, 0.2) is 48.5 Å². The second-order valence-corrected chi connectivity index (χ2v) is 5.77. The van der Waals surface area contributed by atoms with Crippen molar-refractivity contribution in [2.75, 3.05) is 33.5 Å². The van der Waals surface area contributed by atoms with Crippen LogP contribution in [0.25, 0.3) is 0 Å². The molecule has 0 radical (unpaired) electrons. The lowest BCUT2D eigenvalue weighted by molar-refractivity contribution is -0.123. The van der Waals surface area contributed by atoms with Gasteiger partial charge in [-0.25, -0.2) is 0 Å². The van der Waals surface area contributed by atoms with Gasteiger partial charge in [-0.2, -0.15) is 0 Å². The number of aliphatic hydroxyl groups excluding tert-OH is 1. The smallest absolute Gasteiger partial charge is 0.258 e. The highest BCUT2D eigenvalue weighted by atomic mass is 16.5. The molecule has 0 aliphatic heterocycles. The molecule has 2 aromatic rings. The third-order valence-corrected chi connectivity index (χ3v) is 3.76. The van der Waals surface area contributed by atoms with E-state index in [9.17, 15) is 4.79 Å². The summed E-state index contributed by atoms with van der Waals surface area (Å²) in [4.78, 5) is 12.1. The van der Waals surface area contributed by atoms with Gasteiger partial charge in [-0.1, -0.05) is 35.9 Å². The van der Waals surface area contributed by atoms with E-state index in [2.05, 4.69) is 5.32 Å². The van der Waals surface area contributed by atoms with E-state index in [-0.39, 0.29) is 31.8 Å². The lowest BCUT2D eigenvalue weighted by Gasteiger charge is -2.19. The molecule has 2 rings (SSSR count). The van der Waals surface area contributed by atoms with Gasteiger partial charge in [0.2, 0.25) is 0 Å². The van der Waals surface area contributed by atoms with Crippen molar-refractivity contribution in [3.05, 3.63) is 59.7 Å². The number of hydrogen-bond acceptors (Lipinski definition) is 5. The number of methoxy groups -OCH3 is 1. The monoisotopic (exact) mass is 359 g/mol. The first-order valence-corrected chi connectivity index (χ1v) is 8.45. The zero-order chi connectivity index (χ0) is 18.8. The Balaban J connectivity index is 1.86. The van der Waals surface area contributed by atoms with E-state index in [0.29, 0.717) is 18.0 Å². The summed E-state index contributed by atoms with van der Waals surface area (Å²) in [5.74, 6) is 0.975. The average molecular weight is 359 g/mol. The molecule has 6 nitrogen and oxygen atoms in total. The van der Waals surface area contributed by atoms with Crippen molar-refractivity contribution in [2.24, 2.45) is 0 Å². The summed E-state index contributed by atoms with van der Waals surface area (Å²) in [6.07, 6.45) is -0.330. The molecule has 0 aliphatic carbocycles. The Morgan fingerprint density at radius 1 is 1.15 bits per heavy atom. The SMILES string of the molecule is COc1cccc(OCC(=O)NCC(OCCO)c2ccc(C)cc2)c1. The molecule has 0 spiro atoms. The van der Waals surface area contributed by atoms with Gasteiger partial charge in [0.15, 0.2) is 6.61 Å². The molecule has 1 atom stereocenters. The highest BCUT2D eigenvalue weighted by Gasteiger charge is 2.14. The summed E-state index contributed by atoms with van der Waals surface area (Å²) in [5.41, 5.74) is 2.09. The molecule has 6 heteroatoms. The minimum Gasteiger partial charge on any atom is -0.497 e. The highest BCUT2D eigenvalue weighted by Crippen LogP contribution is 2.19. The number of aryl methyl sites for hydroxylation is 1. The third kappa shape index (κ3) is 6.38. The summed E-state index contributed by atoms with van der Waals surface area (Å²) >= 11 is 0. The van der Waals surface area contributed by atoms with Gasteiger partial charge in [0.25, 0.3) is 5.91 Å². The quantitative estimate of drug-likeness (QED) is 0.680. The summed E-state index contributed by atoms with van der Waals surface area (Å²) in [6, 6.07) is 14.9. The molecule has 0 aromatic heterocycles. The number of benzene rings is 2. The van der Waals surface area contributed by atoms with Crippen LogP contribution in [0.2, 0.25) is 0 Å². The van der Waals surface area contributed by atoms with E-state index in [1.165, 1.54) is 0 Å². The Hall–Kier alpha value is -2.57. The molecule has 0 saturated carbocycles. The highest BCUT2D eigenvalue weighted by molar-refractivity contribution is 5.77. The maximum atomic E-state index is 12.1. The number of rotatable bonds is 10. The van der Waals surface area contributed by atoms with E-state index < -0.39 is 0 Å². The molecular formula is C20H25NO5. The third-order valence-electron chi connectivity index (χ3n) is 3.76. The van der Waals surface area contributed by atoms with Crippen molar-refractivity contribution in [3.8, 4) is 11.5 Å². The maximum absolute atomic E-state index is 12.1. The lowest BCUT2D eigenvalue weighted by atomic mass is 10.1. The van der Waals surface area contributed by atoms with E-state index in [1.807, 2.05) is 31.2 Å². The summed E-state index contributed by atoms with van der Waals surface area (Å²) < 4.78 is 16.2. The fraction of sp³-hybridized carbons (Fsp3) is 0.350. The Morgan fingerprint density at radius 3 is 2.58 bits per heavy atom. The molecule has 1 amide bonds. The lowest BCUT2D eigenvalue weighted by Crippen LogP contribution is -2.33. The summed E-state index contributed by atoms with van der Waals surface area (Å²) in [6.45, 7) is 2.33. The van der Waals surface area contributed by atoms with Crippen LogP contribution in [0.1, 0.15) is 17.2 Å². The molecule has 0 aliphatic rings. The predicted octanol–water partition coefficient (Wildman–Crippen LogP) is 2.25. The molecule has 0 heterocycles. The number of hydrogen-bond donors (Lipinski definition) is 2. The van der Waals surface area contributed by atoms with E-state index >= 15 is 0 Å². The Labute approximate surface area is 153 Å². The molecule has 140 valence electrons. The van der Waals surface area contributed by atoms with Gasteiger partial charge >= 0.3 is 0 Å². The predicted molar refractivity (Wildman–Crippen MR) is 98.5 cm³/mol. The zero-order valence-electron chi connectivity index (χ0n) is 15.1. The van der Waals surface area contributed by atoms with Crippen LogP contribution in [0.3, 0.4) is 0 Å². The Bertz CT molecular complexity index is 687. The zero-order valence-corrected chi connectivity index (χ0v) is 15.1. The van der Waals surface area contributed by atoms with Gasteiger partial charge in [-0.3, -0.25) is 4.79 Å². The van der Waals surface area contributed by atoms with Crippen molar-refractivity contribution < 1.29 is 24.1 Å². The van der Waals surface area contributed by atoms with Crippen LogP contribution in [0, 0.1) is 6.92 Å². The first-order valence-electron chi connectivity index (χ1n) is 8.45. The topological polar surface area (TPSA) is 77.0 Å². The van der Waals surface area contributed by atoms with E-state index in [4.69, 9.17) is 19.3 Å².